The maximum Gasteiger partial charge on any atom is 0.193 e. The summed E-state index contributed by atoms with van der Waals surface area (Å²) in [5.41, 5.74) is 1.31. The third kappa shape index (κ3) is 5.50. The molecular formula is C21H32IN3O2. The second-order valence-corrected chi connectivity index (χ2v) is 7.76. The van der Waals surface area contributed by atoms with Gasteiger partial charge in [0.05, 0.1) is 12.7 Å². The molecule has 2 fully saturated rings. The van der Waals surface area contributed by atoms with Crippen LogP contribution in [-0.2, 0) is 4.74 Å². The van der Waals surface area contributed by atoms with E-state index < -0.39 is 0 Å². The molecule has 1 aliphatic carbocycles. The molecule has 2 heterocycles. The first-order chi connectivity index (χ1) is 12.8. The first-order valence-corrected chi connectivity index (χ1v) is 10.1. The van der Waals surface area contributed by atoms with Crippen molar-refractivity contribution in [2.45, 2.75) is 44.1 Å². The van der Waals surface area contributed by atoms with Crippen molar-refractivity contribution in [1.82, 2.24) is 10.2 Å². The fraction of sp³-hybridized carbons (Fsp3) is 0.667. The summed E-state index contributed by atoms with van der Waals surface area (Å²) < 4.78 is 11.8. The molecule has 1 unspecified atom stereocenters. The molecular weight excluding hydrogens is 453 g/mol. The van der Waals surface area contributed by atoms with Crippen LogP contribution in [-0.4, -0.2) is 56.9 Å². The van der Waals surface area contributed by atoms with Gasteiger partial charge in [0.2, 0.25) is 0 Å². The highest BCUT2D eigenvalue weighted by Crippen LogP contribution is 2.33. The number of piperidine rings is 1. The molecule has 0 spiro atoms. The highest BCUT2D eigenvalue weighted by Gasteiger charge is 2.27. The summed E-state index contributed by atoms with van der Waals surface area (Å²) in [6.07, 6.45) is 6.43. The second-order valence-electron chi connectivity index (χ2n) is 7.76. The number of hydrogen-bond donors (Lipinski definition) is 1. The van der Waals surface area contributed by atoms with Crippen molar-refractivity contribution < 1.29 is 9.47 Å². The number of aliphatic imine (C=N–C) groups is 1. The van der Waals surface area contributed by atoms with Crippen LogP contribution in [0.3, 0.4) is 0 Å². The van der Waals surface area contributed by atoms with Gasteiger partial charge in [-0.25, -0.2) is 0 Å². The number of fused-ring (bicyclic) bond motifs is 1. The Morgan fingerprint density at radius 3 is 2.70 bits per heavy atom. The number of benzene rings is 1. The van der Waals surface area contributed by atoms with Gasteiger partial charge in [-0.2, -0.15) is 0 Å². The normalized spacial score (nSPS) is 23.2. The molecule has 2 aliphatic heterocycles. The van der Waals surface area contributed by atoms with E-state index in [0.29, 0.717) is 12.0 Å². The monoisotopic (exact) mass is 485 g/mol. The van der Waals surface area contributed by atoms with Crippen molar-refractivity contribution in [1.29, 1.82) is 0 Å². The molecule has 150 valence electrons. The predicted octanol–water partition coefficient (Wildman–Crippen LogP) is 3.64. The zero-order valence-corrected chi connectivity index (χ0v) is 18.6. The number of para-hydroxylation sites is 1. The molecule has 3 aliphatic rings. The first kappa shape index (κ1) is 20.7. The average molecular weight is 485 g/mol. The van der Waals surface area contributed by atoms with Crippen molar-refractivity contribution >= 4 is 29.9 Å². The molecule has 1 aromatic rings. The minimum atomic E-state index is 0. The number of halogens is 1. The van der Waals surface area contributed by atoms with Crippen molar-refractivity contribution in [3.05, 3.63) is 29.8 Å². The van der Waals surface area contributed by atoms with Crippen LogP contribution in [0.1, 0.15) is 43.6 Å². The Bertz CT molecular complexity index is 628. The standard InChI is InChI=1S/C21H31N3O2.HI/c1-22-21(24-11-8-18(9-12-24)26-15-16-6-7-16)23-14-17-10-13-25-20-5-3-2-4-19(17)20;/h2-5,16-18H,6-15H2,1H3,(H,22,23);1H. The smallest absolute Gasteiger partial charge is 0.193 e. The molecule has 0 radical (unpaired) electrons. The molecule has 4 rings (SSSR count). The van der Waals surface area contributed by atoms with Crippen LogP contribution in [0.5, 0.6) is 5.75 Å². The van der Waals surface area contributed by atoms with Crippen LogP contribution in [0.25, 0.3) is 0 Å². The van der Waals surface area contributed by atoms with Crippen LogP contribution in [0.2, 0.25) is 0 Å². The van der Waals surface area contributed by atoms with Gasteiger partial charge >= 0.3 is 0 Å². The Hall–Kier alpha value is -1.02. The summed E-state index contributed by atoms with van der Waals surface area (Å²) in [6.45, 7) is 4.73. The molecule has 5 nitrogen and oxygen atoms in total. The van der Waals surface area contributed by atoms with E-state index >= 15 is 0 Å². The van der Waals surface area contributed by atoms with Gasteiger partial charge in [0.25, 0.3) is 0 Å². The quantitative estimate of drug-likeness (QED) is 0.393. The van der Waals surface area contributed by atoms with E-state index in [0.717, 1.165) is 69.7 Å². The molecule has 1 N–H and O–H groups in total. The first-order valence-electron chi connectivity index (χ1n) is 10.1. The molecule has 1 saturated heterocycles. The van der Waals surface area contributed by atoms with Gasteiger partial charge in [-0.1, -0.05) is 18.2 Å². The third-order valence-electron chi connectivity index (χ3n) is 5.81. The van der Waals surface area contributed by atoms with Crippen molar-refractivity contribution in [2.24, 2.45) is 10.9 Å². The number of ether oxygens (including phenoxy) is 2. The van der Waals surface area contributed by atoms with Crippen molar-refractivity contribution in [3.63, 3.8) is 0 Å². The van der Waals surface area contributed by atoms with Gasteiger partial charge < -0.3 is 19.7 Å². The summed E-state index contributed by atoms with van der Waals surface area (Å²) in [7, 11) is 1.88. The molecule has 6 heteroatoms. The fourth-order valence-electron chi connectivity index (χ4n) is 3.97. The topological polar surface area (TPSA) is 46.1 Å². The molecule has 1 atom stereocenters. The lowest BCUT2D eigenvalue weighted by Crippen LogP contribution is -2.48. The van der Waals surface area contributed by atoms with Crippen LogP contribution in [0, 0.1) is 5.92 Å². The van der Waals surface area contributed by atoms with Crippen LogP contribution < -0.4 is 10.1 Å². The van der Waals surface area contributed by atoms with Gasteiger partial charge in [-0.05, 0) is 49.7 Å². The summed E-state index contributed by atoms with van der Waals surface area (Å²) in [5.74, 6) is 3.39. The lowest BCUT2D eigenvalue weighted by Gasteiger charge is -2.35. The Morgan fingerprint density at radius 1 is 1.19 bits per heavy atom. The summed E-state index contributed by atoms with van der Waals surface area (Å²) in [4.78, 5) is 6.90. The van der Waals surface area contributed by atoms with Gasteiger partial charge in [0, 0.05) is 39.2 Å². The minimum Gasteiger partial charge on any atom is -0.493 e. The molecule has 27 heavy (non-hydrogen) atoms. The number of hydrogen-bond acceptors (Lipinski definition) is 3. The highest BCUT2D eigenvalue weighted by molar-refractivity contribution is 14.0. The second kappa shape index (κ2) is 9.96. The molecule has 1 saturated carbocycles. The fourth-order valence-corrected chi connectivity index (χ4v) is 3.97. The van der Waals surface area contributed by atoms with Gasteiger partial charge in [0.1, 0.15) is 5.75 Å². The van der Waals surface area contributed by atoms with Crippen molar-refractivity contribution in [2.75, 3.05) is 39.9 Å². The van der Waals surface area contributed by atoms with E-state index in [-0.39, 0.29) is 24.0 Å². The predicted molar refractivity (Wildman–Crippen MR) is 119 cm³/mol. The summed E-state index contributed by atoms with van der Waals surface area (Å²) >= 11 is 0. The number of likely N-dealkylation sites (tertiary alicyclic amines) is 1. The third-order valence-corrected chi connectivity index (χ3v) is 5.81. The number of nitrogens with one attached hydrogen (secondary N) is 1. The number of guanidine groups is 1. The van der Waals surface area contributed by atoms with Gasteiger partial charge in [-0.3, -0.25) is 4.99 Å². The van der Waals surface area contributed by atoms with Crippen LogP contribution in [0.15, 0.2) is 29.3 Å². The zero-order chi connectivity index (χ0) is 17.8. The zero-order valence-electron chi connectivity index (χ0n) is 16.2. The van der Waals surface area contributed by atoms with E-state index in [1.54, 1.807) is 0 Å². The SMILES string of the molecule is CN=C(NCC1CCOc2ccccc21)N1CCC(OCC2CC2)CC1.I. The molecule has 1 aromatic carbocycles. The maximum absolute atomic E-state index is 6.06. The van der Waals surface area contributed by atoms with Crippen molar-refractivity contribution in [3.8, 4) is 5.75 Å². The lowest BCUT2D eigenvalue weighted by atomic mass is 9.93. The summed E-state index contributed by atoms with van der Waals surface area (Å²) in [5, 5.41) is 3.60. The Balaban J connectivity index is 0.00000210. The molecule has 0 aromatic heterocycles. The number of rotatable bonds is 5. The van der Waals surface area contributed by atoms with Gasteiger partial charge in [-0.15, -0.1) is 24.0 Å². The van der Waals surface area contributed by atoms with Crippen LogP contribution >= 0.6 is 24.0 Å². The number of nitrogens with zero attached hydrogens (tertiary/aromatic N) is 2. The largest absolute Gasteiger partial charge is 0.493 e. The summed E-state index contributed by atoms with van der Waals surface area (Å²) in [6, 6.07) is 8.40. The lowest BCUT2D eigenvalue weighted by molar-refractivity contribution is 0.0131. The van der Waals surface area contributed by atoms with E-state index in [1.165, 1.54) is 18.4 Å². The average Bonchev–Trinajstić information content (AvgIpc) is 3.52. The Morgan fingerprint density at radius 2 is 1.96 bits per heavy atom. The highest BCUT2D eigenvalue weighted by atomic mass is 127. The Labute approximate surface area is 179 Å². The van der Waals surface area contributed by atoms with E-state index in [4.69, 9.17) is 9.47 Å². The van der Waals surface area contributed by atoms with E-state index in [1.807, 2.05) is 13.1 Å². The van der Waals surface area contributed by atoms with E-state index in [2.05, 4.69) is 33.4 Å². The molecule has 0 bridgehead atoms. The van der Waals surface area contributed by atoms with E-state index in [9.17, 15) is 0 Å². The van der Waals surface area contributed by atoms with Crippen LogP contribution in [0.4, 0.5) is 0 Å². The molecule has 0 amide bonds. The Kier molecular flexibility index (Phi) is 7.64. The maximum atomic E-state index is 6.06. The van der Waals surface area contributed by atoms with Gasteiger partial charge in [0.15, 0.2) is 5.96 Å². The minimum absolute atomic E-state index is 0.